The van der Waals surface area contributed by atoms with Crippen LogP contribution >= 0.6 is 11.8 Å². The first-order chi connectivity index (χ1) is 7.68. The standard InChI is InChI=1S/C12H19N3S/c1-9-8-16-6-5-15(9)11-3-4-12(10(2)13)14-7-11/h3-4,7,9-10H,5-6,8,13H2,1-2H3/t9?,10-/m0/s1. The summed E-state index contributed by atoms with van der Waals surface area (Å²) in [7, 11) is 0. The maximum absolute atomic E-state index is 5.79. The molecule has 2 heterocycles. The van der Waals surface area contributed by atoms with Gasteiger partial charge in [0.15, 0.2) is 0 Å². The number of thioether (sulfide) groups is 1. The van der Waals surface area contributed by atoms with Crippen LogP contribution in [-0.2, 0) is 0 Å². The third kappa shape index (κ3) is 2.50. The van der Waals surface area contributed by atoms with Crippen molar-refractivity contribution in [2.45, 2.75) is 25.9 Å². The van der Waals surface area contributed by atoms with E-state index in [9.17, 15) is 0 Å². The summed E-state index contributed by atoms with van der Waals surface area (Å²) in [5.41, 5.74) is 7.97. The number of pyridine rings is 1. The number of anilines is 1. The third-order valence-electron chi connectivity index (χ3n) is 2.94. The third-order valence-corrected chi connectivity index (χ3v) is 4.13. The van der Waals surface area contributed by atoms with Gasteiger partial charge in [0.25, 0.3) is 0 Å². The van der Waals surface area contributed by atoms with Crippen molar-refractivity contribution in [3.05, 3.63) is 24.0 Å². The van der Waals surface area contributed by atoms with Gasteiger partial charge in [-0.05, 0) is 26.0 Å². The second kappa shape index (κ2) is 5.06. The van der Waals surface area contributed by atoms with Gasteiger partial charge in [-0.1, -0.05) is 0 Å². The molecule has 1 saturated heterocycles. The quantitative estimate of drug-likeness (QED) is 0.855. The first kappa shape index (κ1) is 11.7. The van der Waals surface area contributed by atoms with Gasteiger partial charge < -0.3 is 10.6 Å². The minimum absolute atomic E-state index is 0.0170. The maximum atomic E-state index is 5.79. The highest BCUT2D eigenvalue weighted by molar-refractivity contribution is 7.99. The average Bonchev–Trinajstić information content (AvgIpc) is 2.30. The van der Waals surface area contributed by atoms with Gasteiger partial charge in [-0.25, -0.2) is 0 Å². The van der Waals surface area contributed by atoms with E-state index in [1.165, 1.54) is 17.2 Å². The van der Waals surface area contributed by atoms with Crippen molar-refractivity contribution in [3.63, 3.8) is 0 Å². The normalized spacial score (nSPS) is 23.2. The molecule has 2 rings (SSSR count). The summed E-state index contributed by atoms with van der Waals surface area (Å²) in [6, 6.07) is 4.79. The fraction of sp³-hybridized carbons (Fsp3) is 0.583. The second-order valence-corrected chi connectivity index (χ2v) is 5.50. The molecule has 2 atom stereocenters. The molecule has 0 aromatic carbocycles. The largest absolute Gasteiger partial charge is 0.366 e. The van der Waals surface area contributed by atoms with E-state index in [1.54, 1.807) is 0 Å². The first-order valence-corrected chi connectivity index (χ1v) is 6.90. The highest BCUT2D eigenvalue weighted by atomic mass is 32.2. The average molecular weight is 237 g/mol. The zero-order valence-corrected chi connectivity index (χ0v) is 10.7. The molecule has 1 aromatic rings. The lowest BCUT2D eigenvalue weighted by molar-refractivity contribution is 0.696. The highest BCUT2D eigenvalue weighted by Gasteiger charge is 2.19. The molecule has 0 saturated carbocycles. The molecule has 1 fully saturated rings. The molecule has 2 N–H and O–H groups in total. The van der Waals surface area contributed by atoms with Crippen LogP contribution in [0.5, 0.6) is 0 Å². The van der Waals surface area contributed by atoms with Gasteiger partial charge >= 0.3 is 0 Å². The van der Waals surface area contributed by atoms with Gasteiger partial charge in [0.1, 0.15) is 0 Å². The number of rotatable bonds is 2. The zero-order valence-electron chi connectivity index (χ0n) is 9.89. The van der Waals surface area contributed by atoms with Crippen LogP contribution in [0.4, 0.5) is 5.69 Å². The minimum atomic E-state index is 0.0170. The van der Waals surface area contributed by atoms with Crippen LogP contribution in [0.1, 0.15) is 25.6 Å². The molecule has 4 heteroatoms. The molecular formula is C12H19N3S. The molecule has 88 valence electrons. The Morgan fingerprint density at radius 3 is 2.94 bits per heavy atom. The minimum Gasteiger partial charge on any atom is -0.366 e. The molecule has 1 aliphatic heterocycles. The number of nitrogens with zero attached hydrogens (tertiary/aromatic N) is 2. The van der Waals surface area contributed by atoms with Crippen molar-refractivity contribution in [2.24, 2.45) is 5.73 Å². The predicted molar refractivity (Wildman–Crippen MR) is 71.0 cm³/mol. The Balaban J connectivity index is 2.14. The van der Waals surface area contributed by atoms with Crippen molar-refractivity contribution in [1.82, 2.24) is 4.98 Å². The van der Waals surface area contributed by atoms with Crippen LogP contribution in [0.3, 0.4) is 0 Å². The van der Waals surface area contributed by atoms with Crippen LogP contribution in [-0.4, -0.2) is 29.1 Å². The van der Waals surface area contributed by atoms with Crippen molar-refractivity contribution in [2.75, 3.05) is 23.0 Å². The van der Waals surface area contributed by atoms with Crippen molar-refractivity contribution in [3.8, 4) is 0 Å². The number of aromatic nitrogens is 1. The molecule has 16 heavy (non-hydrogen) atoms. The van der Waals surface area contributed by atoms with Gasteiger partial charge in [0.2, 0.25) is 0 Å². The molecule has 3 nitrogen and oxygen atoms in total. The SMILES string of the molecule is CC1CSCCN1c1ccc([C@H](C)N)nc1. The summed E-state index contributed by atoms with van der Waals surface area (Å²) in [5, 5.41) is 0. The Morgan fingerprint density at radius 1 is 1.56 bits per heavy atom. The topological polar surface area (TPSA) is 42.1 Å². The molecule has 0 spiro atoms. The van der Waals surface area contributed by atoms with Gasteiger partial charge in [0, 0.05) is 30.1 Å². The highest BCUT2D eigenvalue weighted by Crippen LogP contribution is 2.23. The van der Waals surface area contributed by atoms with E-state index in [0.29, 0.717) is 6.04 Å². The van der Waals surface area contributed by atoms with E-state index < -0.39 is 0 Å². The van der Waals surface area contributed by atoms with E-state index in [4.69, 9.17) is 5.73 Å². The Morgan fingerprint density at radius 2 is 2.38 bits per heavy atom. The number of hydrogen-bond acceptors (Lipinski definition) is 4. The Labute approximate surface area is 101 Å². The molecule has 1 aromatic heterocycles. The van der Waals surface area contributed by atoms with Crippen molar-refractivity contribution in [1.29, 1.82) is 0 Å². The van der Waals surface area contributed by atoms with Crippen LogP contribution in [0.25, 0.3) is 0 Å². The molecule has 0 radical (unpaired) electrons. The summed E-state index contributed by atoms with van der Waals surface area (Å²) in [6.07, 6.45) is 1.95. The summed E-state index contributed by atoms with van der Waals surface area (Å²) >= 11 is 2.03. The molecule has 0 amide bonds. The van der Waals surface area contributed by atoms with Crippen LogP contribution in [0.2, 0.25) is 0 Å². The molecule has 0 aliphatic carbocycles. The van der Waals surface area contributed by atoms with Crippen LogP contribution < -0.4 is 10.6 Å². The van der Waals surface area contributed by atoms with Crippen molar-refractivity contribution >= 4 is 17.4 Å². The zero-order chi connectivity index (χ0) is 11.5. The fourth-order valence-corrected chi connectivity index (χ4v) is 2.96. The first-order valence-electron chi connectivity index (χ1n) is 5.74. The van der Waals surface area contributed by atoms with Crippen LogP contribution in [0, 0.1) is 0 Å². The van der Waals surface area contributed by atoms with Gasteiger partial charge in [-0.15, -0.1) is 0 Å². The number of hydrogen-bond donors (Lipinski definition) is 1. The maximum Gasteiger partial charge on any atom is 0.0569 e. The Kier molecular flexibility index (Phi) is 3.71. The lowest BCUT2D eigenvalue weighted by Gasteiger charge is -2.34. The van der Waals surface area contributed by atoms with Crippen molar-refractivity contribution < 1.29 is 0 Å². The molecule has 1 unspecified atom stereocenters. The summed E-state index contributed by atoms with van der Waals surface area (Å²) in [6.45, 7) is 5.35. The summed E-state index contributed by atoms with van der Waals surface area (Å²) in [4.78, 5) is 6.84. The Hall–Kier alpha value is -0.740. The van der Waals surface area contributed by atoms with Gasteiger partial charge in [-0.2, -0.15) is 11.8 Å². The van der Waals surface area contributed by atoms with E-state index >= 15 is 0 Å². The molecule has 1 aliphatic rings. The van der Waals surface area contributed by atoms with E-state index in [1.807, 2.05) is 30.9 Å². The lowest BCUT2D eigenvalue weighted by Crippen LogP contribution is -2.40. The van der Waals surface area contributed by atoms with Gasteiger partial charge in [0.05, 0.1) is 17.6 Å². The molecule has 0 bridgehead atoms. The Bertz CT molecular complexity index is 337. The lowest BCUT2D eigenvalue weighted by atomic mass is 10.2. The smallest absolute Gasteiger partial charge is 0.0569 e. The second-order valence-electron chi connectivity index (χ2n) is 4.35. The van der Waals surface area contributed by atoms with Gasteiger partial charge in [-0.3, -0.25) is 4.98 Å². The fourth-order valence-electron chi connectivity index (χ4n) is 1.95. The van der Waals surface area contributed by atoms with E-state index in [0.717, 1.165) is 12.2 Å². The number of nitrogens with two attached hydrogens (primary N) is 1. The summed E-state index contributed by atoms with van der Waals surface area (Å²) < 4.78 is 0. The predicted octanol–water partition coefficient (Wildman–Crippen LogP) is 2.04. The summed E-state index contributed by atoms with van der Waals surface area (Å²) in [5.74, 6) is 2.41. The van der Waals surface area contributed by atoms with Crippen LogP contribution in [0.15, 0.2) is 18.3 Å². The molecular weight excluding hydrogens is 218 g/mol. The van der Waals surface area contributed by atoms with E-state index in [2.05, 4.69) is 22.9 Å². The van der Waals surface area contributed by atoms with E-state index in [-0.39, 0.29) is 6.04 Å². The monoisotopic (exact) mass is 237 g/mol.